The maximum absolute atomic E-state index is 12.6. The number of hydrogen-bond acceptors (Lipinski definition) is 7. The molecule has 0 spiro atoms. The molecule has 0 aromatic carbocycles. The lowest BCUT2D eigenvalue weighted by molar-refractivity contribution is 0.384. The second-order valence-electron chi connectivity index (χ2n) is 5.59. The van der Waals surface area contributed by atoms with Gasteiger partial charge < -0.3 is 9.80 Å². The molecule has 7 nitrogen and oxygen atoms in total. The minimum Gasteiger partial charge on any atom is -0.361 e. The van der Waals surface area contributed by atoms with Crippen LogP contribution in [0.15, 0.2) is 32.3 Å². The summed E-state index contributed by atoms with van der Waals surface area (Å²) >= 11 is 4.55. The first-order chi connectivity index (χ1) is 11.4. The minimum absolute atomic E-state index is 0.373. The lowest BCUT2D eigenvalue weighted by Gasteiger charge is -2.34. The molecular weight excluding hydrogens is 414 g/mol. The first kappa shape index (κ1) is 17.6. The number of piperazine rings is 1. The summed E-state index contributed by atoms with van der Waals surface area (Å²) in [5, 5.41) is 8.40. The third-order valence-electron chi connectivity index (χ3n) is 3.80. The average molecular weight is 432 g/mol. The van der Waals surface area contributed by atoms with Crippen molar-refractivity contribution >= 4 is 48.9 Å². The summed E-state index contributed by atoms with van der Waals surface area (Å²) in [4.78, 5) is 3.95. The molecule has 2 aromatic heterocycles. The fourth-order valence-electron chi connectivity index (χ4n) is 2.45. The number of aromatic nitrogens is 2. The highest BCUT2D eigenvalue weighted by Crippen LogP contribution is 2.29. The molecule has 1 saturated heterocycles. The quantitative estimate of drug-likeness (QED) is 0.735. The van der Waals surface area contributed by atoms with Crippen LogP contribution in [0, 0.1) is 0 Å². The Kier molecular flexibility index (Phi) is 5.09. The predicted octanol–water partition coefficient (Wildman–Crippen LogP) is 1.88. The molecule has 0 bridgehead atoms. The van der Waals surface area contributed by atoms with Gasteiger partial charge in [-0.3, -0.25) is 0 Å². The number of thiophene rings is 1. The number of rotatable bonds is 4. The van der Waals surface area contributed by atoms with E-state index in [-0.39, 0.29) is 0 Å². The van der Waals surface area contributed by atoms with E-state index in [2.05, 4.69) is 31.0 Å². The first-order valence-corrected chi connectivity index (χ1v) is 10.4. The zero-order valence-electron chi connectivity index (χ0n) is 13.4. The third kappa shape index (κ3) is 3.56. The molecule has 2 aromatic rings. The van der Waals surface area contributed by atoms with E-state index in [4.69, 9.17) is 0 Å². The minimum atomic E-state index is -3.41. The summed E-state index contributed by atoms with van der Waals surface area (Å²) in [6.07, 6.45) is 0. The zero-order chi connectivity index (χ0) is 17.3. The number of sulfonamides is 1. The van der Waals surface area contributed by atoms with Gasteiger partial charge in [-0.2, -0.15) is 4.31 Å². The van der Waals surface area contributed by atoms with E-state index in [1.165, 1.54) is 15.6 Å². The lowest BCUT2D eigenvalue weighted by atomic mass is 10.3. The molecule has 1 aliphatic heterocycles. The Balaban J connectivity index is 1.67. The van der Waals surface area contributed by atoms with E-state index in [1.54, 1.807) is 12.1 Å². The number of halogens is 1. The van der Waals surface area contributed by atoms with Crippen molar-refractivity contribution in [2.75, 3.05) is 50.1 Å². The van der Waals surface area contributed by atoms with Gasteiger partial charge in [0.15, 0.2) is 11.6 Å². The SMILES string of the molecule is CN(C)c1ccc(N2CCN(S(=O)(=O)c3ccc(Br)s3)CC2)nn1. The highest BCUT2D eigenvalue weighted by molar-refractivity contribution is 9.11. The van der Waals surface area contributed by atoms with Crippen molar-refractivity contribution < 1.29 is 8.42 Å². The fraction of sp³-hybridized carbons (Fsp3) is 0.429. The maximum atomic E-state index is 12.6. The Morgan fingerprint density at radius 2 is 1.79 bits per heavy atom. The van der Waals surface area contributed by atoms with Crippen molar-refractivity contribution in [2.45, 2.75) is 4.21 Å². The summed E-state index contributed by atoms with van der Waals surface area (Å²) in [6.45, 7) is 2.08. The summed E-state index contributed by atoms with van der Waals surface area (Å²) in [6, 6.07) is 7.23. The van der Waals surface area contributed by atoms with Gasteiger partial charge in [-0.25, -0.2) is 8.42 Å². The number of hydrogen-bond donors (Lipinski definition) is 0. The molecule has 1 fully saturated rings. The summed E-state index contributed by atoms with van der Waals surface area (Å²) in [5.74, 6) is 1.57. The molecular formula is C14H18BrN5O2S2. The van der Waals surface area contributed by atoms with Crippen molar-refractivity contribution in [3.05, 3.63) is 28.1 Å². The van der Waals surface area contributed by atoms with Crippen molar-refractivity contribution in [2.24, 2.45) is 0 Å². The summed E-state index contributed by atoms with van der Waals surface area (Å²) in [7, 11) is 0.414. The standard InChI is InChI=1S/C14H18BrN5O2S2/c1-18(2)12-4-5-13(17-16-12)19-7-9-20(10-8-19)24(21,22)14-6-3-11(15)23-14/h3-6H,7-10H2,1-2H3. The largest absolute Gasteiger partial charge is 0.361 e. The van der Waals surface area contributed by atoms with Crippen LogP contribution in [0.3, 0.4) is 0 Å². The Bertz CT molecular complexity index is 799. The van der Waals surface area contributed by atoms with Crippen LogP contribution in [0.5, 0.6) is 0 Å². The zero-order valence-corrected chi connectivity index (χ0v) is 16.6. The molecule has 0 amide bonds. The van der Waals surface area contributed by atoms with Crippen molar-refractivity contribution in [3.8, 4) is 0 Å². The first-order valence-electron chi connectivity index (χ1n) is 7.39. The molecule has 0 saturated carbocycles. The van der Waals surface area contributed by atoms with Gasteiger partial charge in [0.2, 0.25) is 0 Å². The van der Waals surface area contributed by atoms with Gasteiger partial charge in [-0.1, -0.05) is 0 Å². The van der Waals surface area contributed by atoms with Crippen molar-refractivity contribution in [3.63, 3.8) is 0 Å². The highest BCUT2D eigenvalue weighted by Gasteiger charge is 2.30. The van der Waals surface area contributed by atoms with Crippen LogP contribution >= 0.6 is 27.3 Å². The van der Waals surface area contributed by atoms with Gasteiger partial charge in [0.25, 0.3) is 10.0 Å². The smallest absolute Gasteiger partial charge is 0.252 e. The van der Waals surface area contributed by atoms with Crippen LogP contribution in [0.2, 0.25) is 0 Å². The van der Waals surface area contributed by atoms with E-state index >= 15 is 0 Å². The normalized spacial score (nSPS) is 16.4. The van der Waals surface area contributed by atoms with Crippen LogP contribution in [-0.4, -0.2) is 63.2 Å². The molecule has 0 aliphatic carbocycles. The molecule has 1 aliphatic rings. The van der Waals surface area contributed by atoms with E-state index in [9.17, 15) is 8.42 Å². The van der Waals surface area contributed by atoms with Gasteiger partial charge in [0, 0.05) is 40.3 Å². The molecule has 0 atom stereocenters. The predicted molar refractivity (Wildman–Crippen MR) is 99.3 cm³/mol. The monoisotopic (exact) mass is 431 g/mol. The Labute approximate surface area is 154 Å². The van der Waals surface area contributed by atoms with Crippen LogP contribution in [0.25, 0.3) is 0 Å². The van der Waals surface area contributed by atoms with E-state index < -0.39 is 10.0 Å². The second-order valence-corrected chi connectivity index (χ2v) is 10.2. The van der Waals surface area contributed by atoms with Gasteiger partial charge in [-0.05, 0) is 40.2 Å². The van der Waals surface area contributed by atoms with Gasteiger partial charge in [-0.15, -0.1) is 21.5 Å². The Morgan fingerprint density at radius 1 is 1.08 bits per heavy atom. The van der Waals surface area contributed by atoms with Gasteiger partial charge in [0.1, 0.15) is 4.21 Å². The number of anilines is 2. The molecule has 10 heteroatoms. The molecule has 3 rings (SSSR count). The van der Waals surface area contributed by atoms with Crippen molar-refractivity contribution in [1.29, 1.82) is 0 Å². The third-order valence-corrected chi connectivity index (χ3v) is 7.79. The summed E-state index contributed by atoms with van der Waals surface area (Å²) in [5.41, 5.74) is 0. The Hall–Kier alpha value is -1.23. The topological polar surface area (TPSA) is 69.6 Å². The highest BCUT2D eigenvalue weighted by atomic mass is 79.9. The van der Waals surface area contributed by atoms with Gasteiger partial charge in [0.05, 0.1) is 3.79 Å². The van der Waals surface area contributed by atoms with Gasteiger partial charge >= 0.3 is 0 Å². The lowest BCUT2D eigenvalue weighted by Crippen LogP contribution is -2.48. The molecule has 24 heavy (non-hydrogen) atoms. The maximum Gasteiger partial charge on any atom is 0.252 e. The van der Waals surface area contributed by atoms with E-state index in [0.717, 1.165) is 15.4 Å². The van der Waals surface area contributed by atoms with E-state index in [0.29, 0.717) is 30.4 Å². The molecule has 130 valence electrons. The molecule has 0 unspecified atom stereocenters. The molecule has 0 N–H and O–H groups in total. The fourth-order valence-corrected chi connectivity index (χ4v) is 6.03. The summed E-state index contributed by atoms with van der Waals surface area (Å²) < 4.78 is 28.0. The van der Waals surface area contributed by atoms with Crippen LogP contribution < -0.4 is 9.80 Å². The van der Waals surface area contributed by atoms with Crippen LogP contribution in [0.1, 0.15) is 0 Å². The van der Waals surface area contributed by atoms with E-state index in [1.807, 2.05) is 31.1 Å². The Morgan fingerprint density at radius 3 is 2.29 bits per heavy atom. The van der Waals surface area contributed by atoms with Crippen molar-refractivity contribution in [1.82, 2.24) is 14.5 Å². The molecule has 0 radical (unpaired) electrons. The second kappa shape index (κ2) is 6.95. The molecule has 3 heterocycles. The number of nitrogens with zero attached hydrogens (tertiary/aromatic N) is 5. The van der Waals surface area contributed by atoms with Crippen LogP contribution in [-0.2, 0) is 10.0 Å². The average Bonchev–Trinajstić information content (AvgIpc) is 3.02. The van der Waals surface area contributed by atoms with Crippen LogP contribution in [0.4, 0.5) is 11.6 Å².